The number of ether oxygens (including phenoxy) is 2. The van der Waals surface area contributed by atoms with Gasteiger partial charge in [-0.25, -0.2) is 8.42 Å². The van der Waals surface area contributed by atoms with Gasteiger partial charge < -0.3 is 24.4 Å². The number of rotatable bonds is 7. The molecule has 0 fully saturated rings. The van der Waals surface area contributed by atoms with Crippen LogP contribution in [0.5, 0.6) is 5.75 Å². The van der Waals surface area contributed by atoms with Crippen molar-refractivity contribution in [3.63, 3.8) is 0 Å². The quantitative estimate of drug-likeness (QED) is 0.511. The third-order valence-electron chi connectivity index (χ3n) is 7.18. The predicted octanol–water partition coefficient (Wildman–Crippen LogP) is 4.15. The number of carbonyl (C=O) groups excluding carboxylic acids is 1. The summed E-state index contributed by atoms with van der Waals surface area (Å²) in [5, 5.41) is 10.1. The molecule has 1 amide bonds. The van der Waals surface area contributed by atoms with Gasteiger partial charge in [-0.05, 0) is 84.5 Å². The van der Waals surface area contributed by atoms with Gasteiger partial charge in [-0.3, -0.25) is 9.52 Å². The molecule has 1 heterocycles. The first-order chi connectivity index (χ1) is 18.9. The minimum Gasteiger partial charge on any atom is -0.490 e. The van der Waals surface area contributed by atoms with Crippen molar-refractivity contribution in [3.05, 3.63) is 53.6 Å². The second-order valence-electron chi connectivity index (χ2n) is 11.2. The fourth-order valence-electron chi connectivity index (χ4n) is 4.74. The molecule has 1 aliphatic rings. The molecule has 0 saturated carbocycles. The Labute approximate surface area is 239 Å². The number of amides is 1. The van der Waals surface area contributed by atoms with E-state index in [4.69, 9.17) is 9.47 Å². The summed E-state index contributed by atoms with van der Waals surface area (Å²) in [5.74, 6) is 0.0270. The van der Waals surface area contributed by atoms with Crippen molar-refractivity contribution in [1.82, 2.24) is 9.80 Å². The second kappa shape index (κ2) is 14.3. The lowest BCUT2D eigenvalue weighted by atomic mass is 10.0. The van der Waals surface area contributed by atoms with Crippen LogP contribution >= 0.6 is 0 Å². The Morgan fingerprint density at radius 1 is 1.12 bits per heavy atom. The fourth-order valence-corrected chi connectivity index (χ4v) is 5.79. The van der Waals surface area contributed by atoms with E-state index in [1.807, 2.05) is 27.9 Å². The molecule has 0 spiro atoms. The first kappa shape index (κ1) is 31.9. The average molecular weight is 576 g/mol. The average Bonchev–Trinajstić information content (AvgIpc) is 2.90. The van der Waals surface area contributed by atoms with Crippen LogP contribution in [0.15, 0.2) is 47.4 Å². The van der Waals surface area contributed by atoms with Crippen LogP contribution in [0.4, 0.5) is 5.69 Å². The largest absolute Gasteiger partial charge is 0.490 e. The zero-order valence-electron chi connectivity index (χ0n) is 24.6. The number of hydrogen-bond donors (Lipinski definition) is 2. The minimum atomic E-state index is -3.87. The minimum absolute atomic E-state index is 0.0187. The number of anilines is 1. The van der Waals surface area contributed by atoms with Crippen LogP contribution in [0.1, 0.15) is 56.0 Å². The first-order valence-corrected chi connectivity index (χ1v) is 15.5. The van der Waals surface area contributed by atoms with Crippen molar-refractivity contribution in [1.29, 1.82) is 0 Å². The van der Waals surface area contributed by atoms with Crippen molar-refractivity contribution in [2.75, 3.05) is 45.1 Å². The lowest BCUT2D eigenvalue weighted by molar-refractivity contribution is -0.0137. The highest BCUT2D eigenvalue weighted by Gasteiger charge is 2.30. The lowest BCUT2D eigenvalue weighted by Crippen LogP contribution is -2.47. The molecule has 0 bridgehead atoms. The van der Waals surface area contributed by atoms with Crippen LogP contribution in [-0.2, 0) is 14.8 Å². The van der Waals surface area contributed by atoms with E-state index in [9.17, 15) is 18.3 Å². The maximum absolute atomic E-state index is 14.1. The Bertz CT molecular complexity index is 1220. The van der Waals surface area contributed by atoms with Gasteiger partial charge in [0.1, 0.15) is 5.75 Å². The van der Waals surface area contributed by atoms with E-state index in [1.54, 1.807) is 48.2 Å². The molecule has 0 unspecified atom stereocenters. The summed E-state index contributed by atoms with van der Waals surface area (Å²) in [7, 11) is 0.118. The van der Waals surface area contributed by atoms with Gasteiger partial charge in [-0.1, -0.05) is 24.6 Å². The second-order valence-corrected chi connectivity index (χ2v) is 12.9. The highest BCUT2D eigenvalue weighted by atomic mass is 32.2. The van der Waals surface area contributed by atoms with Gasteiger partial charge in [0.2, 0.25) is 0 Å². The van der Waals surface area contributed by atoms with E-state index in [-0.39, 0.29) is 46.8 Å². The van der Waals surface area contributed by atoms with Crippen LogP contribution in [0.2, 0.25) is 0 Å². The molecule has 2 N–H and O–H groups in total. The number of aliphatic hydroxyl groups excluding tert-OH is 1. The summed E-state index contributed by atoms with van der Waals surface area (Å²) in [6.07, 6.45) is 2.33. The van der Waals surface area contributed by atoms with Crippen LogP contribution in [0.25, 0.3) is 0 Å². The molecule has 1 aliphatic heterocycles. The Hall–Kier alpha value is -2.66. The van der Waals surface area contributed by atoms with Gasteiger partial charge in [-0.2, -0.15) is 0 Å². The molecular formula is C30H45N3O6S. The monoisotopic (exact) mass is 575 g/mol. The maximum atomic E-state index is 14.1. The number of sulfonamides is 1. The van der Waals surface area contributed by atoms with Crippen molar-refractivity contribution in [2.24, 2.45) is 5.92 Å². The number of fused-ring (bicyclic) bond motifs is 1. The van der Waals surface area contributed by atoms with E-state index >= 15 is 0 Å². The molecule has 0 aromatic heterocycles. The summed E-state index contributed by atoms with van der Waals surface area (Å²) in [5.41, 5.74) is 1.45. The predicted molar refractivity (Wildman–Crippen MR) is 157 cm³/mol. The van der Waals surface area contributed by atoms with Crippen LogP contribution in [0.3, 0.4) is 0 Å². The molecule has 9 nitrogen and oxygen atoms in total. The Morgan fingerprint density at radius 3 is 2.48 bits per heavy atom. The van der Waals surface area contributed by atoms with E-state index < -0.39 is 16.1 Å². The smallest absolute Gasteiger partial charge is 0.261 e. The maximum Gasteiger partial charge on any atom is 0.261 e. The summed E-state index contributed by atoms with van der Waals surface area (Å²) in [6, 6.07) is 10.9. The third kappa shape index (κ3) is 8.67. The number of nitrogens with one attached hydrogen (secondary N) is 1. The number of carbonyl (C=O) groups is 1. The number of hydrogen-bond acceptors (Lipinski definition) is 7. The van der Waals surface area contributed by atoms with Crippen LogP contribution in [-0.4, -0.2) is 87.9 Å². The number of likely N-dealkylation sites (N-methyl/N-ethyl adjacent to an activating group) is 1. The summed E-state index contributed by atoms with van der Waals surface area (Å²) in [6.45, 7) is 9.16. The van der Waals surface area contributed by atoms with E-state index in [0.717, 1.165) is 24.8 Å². The van der Waals surface area contributed by atoms with Crippen molar-refractivity contribution < 1.29 is 27.8 Å². The Balaban J connectivity index is 2.02. The number of aliphatic hydroxyl groups is 1. The van der Waals surface area contributed by atoms with Crippen LogP contribution in [0, 0.1) is 12.8 Å². The van der Waals surface area contributed by atoms with Crippen molar-refractivity contribution in [2.45, 2.75) is 70.1 Å². The highest BCUT2D eigenvalue weighted by Crippen LogP contribution is 2.29. The molecule has 222 valence electrons. The van der Waals surface area contributed by atoms with Gasteiger partial charge in [-0.15, -0.1) is 0 Å². The lowest BCUT2D eigenvalue weighted by Gasteiger charge is -2.35. The first-order valence-electron chi connectivity index (χ1n) is 14.0. The van der Waals surface area contributed by atoms with E-state index in [2.05, 4.69) is 16.5 Å². The molecule has 0 saturated heterocycles. The third-order valence-corrected chi connectivity index (χ3v) is 8.58. The normalized spacial score (nSPS) is 22.2. The summed E-state index contributed by atoms with van der Waals surface area (Å²) < 4.78 is 41.3. The van der Waals surface area contributed by atoms with Gasteiger partial charge in [0.25, 0.3) is 15.9 Å². The molecule has 40 heavy (non-hydrogen) atoms. The SMILES string of the molecule is Cc1ccc(S(=O)(=O)Nc2ccc3c(c2)C(=O)N([C@H](C)CO)C[C@H](C)[C@H](CN(C)C)OCCCC[C@H](C)O3)cc1. The fraction of sp³-hybridized carbons (Fsp3) is 0.567. The summed E-state index contributed by atoms with van der Waals surface area (Å²) in [4.78, 5) is 18.0. The molecule has 0 radical (unpaired) electrons. The molecule has 10 heteroatoms. The topological polar surface area (TPSA) is 108 Å². The van der Waals surface area contributed by atoms with Gasteiger partial charge in [0, 0.05) is 31.3 Å². The van der Waals surface area contributed by atoms with Crippen molar-refractivity contribution in [3.8, 4) is 5.75 Å². The molecule has 2 aromatic rings. The zero-order chi connectivity index (χ0) is 29.4. The zero-order valence-corrected chi connectivity index (χ0v) is 25.4. The van der Waals surface area contributed by atoms with Gasteiger partial charge in [0.05, 0.1) is 35.3 Å². The number of nitrogens with zero attached hydrogens (tertiary/aromatic N) is 2. The highest BCUT2D eigenvalue weighted by molar-refractivity contribution is 7.92. The van der Waals surface area contributed by atoms with E-state index in [1.165, 1.54) is 6.07 Å². The summed E-state index contributed by atoms with van der Waals surface area (Å²) >= 11 is 0. The Kier molecular flexibility index (Phi) is 11.4. The standard InChI is InChI=1S/C30H45N3O6S/c1-21-10-13-26(14-11-21)40(36,37)31-25-12-15-28-27(17-25)30(35)33(23(3)20-34)18-22(2)29(19-32(5)6)38-16-8-7-9-24(4)39-28/h10-15,17,22-24,29,31,34H,7-9,16,18-20H2,1-6H3/t22-,23+,24-,29-/m0/s1. The number of benzene rings is 2. The van der Waals surface area contributed by atoms with Crippen LogP contribution < -0.4 is 9.46 Å². The van der Waals surface area contributed by atoms with Gasteiger partial charge in [0.15, 0.2) is 0 Å². The number of aryl methyl sites for hydroxylation is 1. The molecule has 4 atom stereocenters. The molecular weight excluding hydrogens is 530 g/mol. The molecule has 3 rings (SSSR count). The van der Waals surface area contributed by atoms with E-state index in [0.29, 0.717) is 25.4 Å². The molecule has 2 aromatic carbocycles. The van der Waals surface area contributed by atoms with Crippen molar-refractivity contribution >= 4 is 21.6 Å². The van der Waals surface area contributed by atoms with Gasteiger partial charge >= 0.3 is 0 Å². The molecule has 0 aliphatic carbocycles. The Morgan fingerprint density at radius 2 is 1.82 bits per heavy atom.